The zero-order valence-corrected chi connectivity index (χ0v) is 10.1. The van der Waals surface area contributed by atoms with Crippen LogP contribution in [-0.2, 0) is 6.42 Å². The highest BCUT2D eigenvalue weighted by Crippen LogP contribution is 2.29. The third-order valence-electron chi connectivity index (χ3n) is 2.88. The molecule has 1 N–H and O–H groups in total. The largest absolute Gasteiger partial charge is 0.494 e. The van der Waals surface area contributed by atoms with Gasteiger partial charge in [-0.2, -0.15) is 0 Å². The molecule has 0 heterocycles. The Hall–Kier alpha value is -1.54. The smallest absolute Gasteiger partial charge is 0.123 e. The van der Waals surface area contributed by atoms with Gasteiger partial charge in [0.2, 0.25) is 0 Å². The molecule has 2 nitrogen and oxygen atoms in total. The Morgan fingerprint density at radius 2 is 1.94 bits per heavy atom. The van der Waals surface area contributed by atoms with Gasteiger partial charge in [-0.3, -0.25) is 0 Å². The van der Waals surface area contributed by atoms with Gasteiger partial charge in [0.25, 0.3) is 0 Å². The fourth-order valence-corrected chi connectivity index (χ4v) is 2.12. The lowest BCUT2D eigenvalue weighted by Gasteiger charge is -2.13. The molecule has 0 fully saturated rings. The molecule has 90 valence electrons. The van der Waals surface area contributed by atoms with Gasteiger partial charge in [-0.25, -0.2) is 0 Å². The number of hydrogen-bond acceptors (Lipinski definition) is 2. The van der Waals surface area contributed by atoms with E-state index >= 15 is 0 Å². The Labute approximate surface area is 102 Å². The normalized spacial score (nSPS) is 10.7. The van der Waals surface area contributed by atoms with Crippen molar-refractivity contribution in [1.82, 2.24) is 0 Å². The highest BCUT2D eigenvalue weighted by atomic mass is 16.5. The number of benzene rings is 2. The average molecular weight is 230 g/mol. The fourth-order valence-electron chi connectivity index (χ4n) is 2.12. The maximum atomic E-state index is 8.98. The zero-order valence-electron chi connectivity index (χ0n) is 10.1. The van der Waals surface area contributed by atoms with Crippen molar-refractivity contribution >= 4 is 10.8 Å². The van der Waals surface area contributed by atoms with Crippen molar-refractivity contribution in [2.45, 2.75) is 19.8 Å². The van der Waals surface area contributed by atoms with E-state index in [2.05, 4.69) is 18.2 Å². The summed E-state index contributed by atoms with van der Waals surface area (Å²) in [7, 11) is 0. The van der Waals surface area contributed by atoms with Gasteiger partial charge in [-0.05, 0) is 36.6 Å². The molecule has 2 rings (SSSR count). The predicted octanol–water partition coefficient (Wildman–Crippen LogP) is 3.16. The average Bonchev–Trinajstić information content (AvgIpc) is 2.37. The van der Waals surface area contributed by atoms with Crippen molar-refractivity contribution in [3.05, 3.63) is 42.0 Å². The monoisotopic (exact) mass is 230 g/mol. The van der Waals surface area contributed by atoms with Crippen LogP contribution in [0.2, 0.25) is 0 Å². The van der Waals surface area contributed by atoms with Crippen LogP contribution in [0.1, 0.15) is 18.9 Å². The number of hydrogen-bond donors (Lipinski definition) is 1. The fraction of sp³-hybridized carbons (Fsp3) is 0.333. The van der Waals surface area contributed by atoms with E-state index in [1.54, 1.807) is 0 Å². The molecule has 2 aromatic rings. The van der Waals surface area contributed by atoms with Crippen LogP contribution < -0.4 is 4.74 Å². The topological polar surface area (TPSA) is 29.5 Å². The van der Waals surface area contributed by atoms with E-state index in [1.165, 1.54) is 16.3 Å². The first kappa shape index (κ1) is 11.9. The molecule has 0 saturated carbocycles. The minimum Gasteiger partial charge on any atom is -0.494 e. The van der Waals surface area contributed by atoms with Gasteiger partial charge in [0.15, 0.2) is 0 Å². The second-order valence-corrected chi connectivity index (χ2v) is 4.02. The summed E-state index contributed by atoms with van der Waals surface area (Å²) in [6, 6.07) is 12.4. The second kappa shape index (κ2) is 5.69. The first-order valence-corrected chi connectivity index (χ1v) is 6.11. The summed E-state index contributed by atoms with van der Waals surface area (Å²) in [5, 5.41) is 11.4. The minimum absolute atomic E-state index is 0.217. The number of aliphatic hydroxyl groups is 1. The van der Waals surface area contributed by atoms with Crippen LogP contribution in [0.5, 0.6) is 5.75 Å². The van der Waals surface area contributed by atoms with Crippen LogP contribution in [0.4, 0.5) is 0 Å². The number of rotatable bonds is 5. The van der Waals surface area contributed by atoms with Crippen LogP contribution >= 0.6 is 0 Å². The van der Waals surface area contributed by atoms with Gasteiger partial charge in [-0.15, -0.1) is 0 Å². The number of fused-ring (bicyclic) bond motifs is 1. The second-order valence-electron chi connectivity index (χ2n) is 4.02. The summed E-state index contributed by atoms with van der Waals surface area (Å²) in [6.07, 6.45) is 1.63. The molecule has 17 heavy (non-hydrogen) atoms. The first-order chi connectivity index (χ1) is 8.36. The molecule has 0 aliphatic rings. The minimum atomic E-state index is 0.217. The maximum absolute atomic E-state index is 8.98. The lowest BCUT2D eigenvalue weighted by atomic mass is 10.00. The van der Waals surface area contributed by atoms with E-state index < -0.39 is 0 Å². The van der Waals surface area contributed by atoms with Gasteiger partial charge < -0.3 is 9.84 Å². The van der Waals surface area contributed by atoms with E-state index in [-0.39, 0.29) is 6.61 Å². The highest BCUT2D eigenvalue weighted by molar-refractivity contribution is 5.87. The molecular weight excluding hydrogens is 212 g/mol. The Morgan fingerprint density at radius 1 is 1.12 bits per heavy atom. The lowest BCUT2D eigenvalue weighted by molar-refractivity contribution is 0.287. The predicted molar refractivity (Wildman–Crippen MR) is 70.5 cm³/mol. The first-order valence-electron chi connectivity index (χ1n) is 6.11. The van der Waals surface area contributed by atoms with Crippen LogP contribution in [0.15, 0.2) is 36.4 Å². The van der Waals surface area contributed by atoms with Gasteiger partial charge in [0, 0.05) is 12.2 Å². The zero-order chi connectivity index (χ0) is 12.1. The van der Waals surface area contributed by atoms with Crippen LogP contribution in [0.3, 0.4) is 0 Å². The molecular formula is C15H18O2. The molecule has 0 spiro atoms. The molecule has 0 unspecified atom stereocenters. The van der Waals surface area contributed by atoms with Crippen LogP contribution in [-0.4, -0.2) is 18.3 Å². The van der Waals surface area contributed by atoms with Gasteiger partial charge in [0.1, 0.15) is 5.75 Å². The summed E-state index contributed by atoms with van der Waals surface area (Å²) < 4.78 is 5.66. The standard InChI is InChI=1S/C15H18O2/c1-2-17-15-10-9-12-6-3-4-7-13(12)14(15)8-5-11-16/h3-4,6-7,9-10,16H,2,5,8,11H2,1H3. The molecule has 0 atom stereocenters. The third kappa shape index (κ3) is 2.59. The van der Waals surface area contributed by atoms with Crippen molar-refractivity contribution in [1.29, 1.82) is 0 Å². The summed E-state index contributed by atoms with van der Waals surface area (Å²) in [5.74, 6) is 0.944. The van der Waals surface area contributed by atoms with Gasteiger partial charge in [0.05, 0.1) is 6.61 Å². The van der Waals surface area contributed by atoms with Crippen molar-refractivity contribution in [2.75, 3.05) is 13.2 Å². The molecule has 0 amide bonds. The number of ether oxygens (including phenoxy) is 1. The molecule has 0 aliphatic carbocycles. The molecule has 2 heteroatoms. The molecule has 2 aromatic carbocycles. The summed E-state index contributed by atoms with van der Waals surface area (Å²) in [4.78, 5) is 0. The summed E-state index contributed by atoms with van der Waals surface area (Å²) >= 11 is 0. The Kier molecular flexibility index (Phi) is 3.99. The lowest BCUT2D eigenvalue weighted by Crippen LogP contribution is -1.99. The van der Waals surface area contributed by atoms with Crippen LogP contribution in [0.25, 0.3) is 10.8 Å². The van der Waals surface area contributed by atoms with Gasteiger partial charge in [-0.1, -0.05) is 30.3 Å². The van der Waals surface area contributed by atoms with Crippen molar-refractivity contribution in [3.63, 3.8) is 0 Å². The Bertz CT molecular complexity index is 491. The quantitative estimate of drug-likeness (QED) is 0.855. The SMILES string of the molecule is CCOc1ccc2ccccc2c1CCCO. The molecule has 0 saturated heterocycles. The van der Waals surface area contributed by atoms with Crippen LogP contribution in [0, 0.1) is 0 Å². The Balaban J connectivity index is 2.49. The highest BCUT2D eigenvalue weighted by Gasteiger charge is 2.07. The molecule has 0 aliphatic heterocycles. The summed E-state index contributed by atoms with van der Waals surface area (Å²) in [6.45, 7) is 2.88. The number of aryl methyl sites for hydroxylation is 1. The Morgan fingerprint density at radius 3 is 2.71 bits per heavy atom. The van der Waals surface area contributed by atoms with E-state index in [0.29, 0.717) is 6.61 Å². The maximum Gasteiger partial charge on any atom is 0.123 e. The van der Waals surface area contributed by atoms with E-state index in [0.717, 1.165) is 18.6 Å². The van der Waals surface area contributed by atoms with E-state index in [9.17, 15) is 0 Å². The molecule has 0 aromatic heterocycles. The van der Waals surface area contributed by atoms with Crippen molar-refractivity contribution in [3.8, 4) is 5.75 Å². The van der Waals surface area contributed by atoms with E-state index in [4.69, 9.17) is 9.84 Å². The number of aliphatic hydroxyl groups excluding tert-OH is 1. The summed E-state index contributed by atoms with van der Waals surface area (Å²) in [5.41, 5.74) is 1.21. The van der Waals surface area contributed by atoms with E-state index in [1.807, 2.05) is 25.1 Å². The molecule has 0 bridgehead atoms. The third-order valence-corrected chi connectivity index (χ3v) is 2.88. The van der Waals surface area contributed by atoms with Gasteiger partial charge >= 0.3 is 0 Å². The molecule has 0 radical (unpaired) electrons. The van der Waals surface area contributed by atoms with Crippen molar-refractivity contribution < 1.29 is 9.84 Å². The van der Waals surface area contributed by atoms with Crippen molar-refractivity contribution in [2.24, 2.45) is 0 Å².